The molecule has 1 fully saturated rings. The Balaban J connectivity index is 1.45. The summed E-state index contributed by atoms with van der Waals surface area (Å²) in [6.07, 6.45) is 5.43. The maximum Gasteiger partial charge on any atom is 0.319 e. The Morgan fingerprint density at radius 1 is 1.23 bits per heavy atom. The number of imidazole rings is 1. The number of anilines is 2. The molecule has 0 aliphatic carbocycles. The van der Waals surface area contributed by atoms with Crippen LogP contribution in [0.5, 0.6) is 0 Å². The Labute approximate surface area is 185 Å². The molecule has 0 radical (unpaired) electrons. The molecule has 0 saturated carbocycles. The quantitative estimate of drug-likeness (QED) is 0.519. The number of urea groups is 1. The number of thioether (sulfide) groups is 1. The van der Waals surface area contributed by atoms with Crippen LogP contribution in [-0.4, -0.2) is 58.5 Å². The molecule has 2 amide bonds. The van der Waals surface area contributed by atoms with Gasteiger partial charge in [-0.1, -0.05) is 0 Å². The van der Waals surface area contributed by atoms with Gasteiger partial charge < -0.3 is 25.3 Å². The van der Waals surface area contributed by atoms with Crippen molar-refractivity contribution in [3.63, 3.8) is 0 Å². The maximum absolute atomic E-state index is 12.1. The van der Waals surface area contributed by atoms with Crippen molar-refractivity contribution in [1.82, 2.24) is 25.3 Å². The lowest BCUT2D eigenvalue weighted by Crippen LogP contribution is -2.37. The van der Waals surface area contributed by atoms with Gasteiger partial charge in [0.05, 0.1) is 25.5 Å². The average molecular weight is 440 g/mol. The highest BCUT2D eigenvalue weighted by molar-refractivity contribution is 7.97. The summed E-state index contributed by atoms with van der Waals surface area (Å²) in [5, 5.41) is 5.58. The first-order valence-electron chi connectivity index (χ1n) is 10.0. The molecule has 1 aliphatic rings. The standard InChI is InChI=1S/C21H25N7O2S/c1-31-14-17-12-19(28-8-10-30-11-9-28)27-20(25-17)15-2-4-16(5-3-15)26-21(29)24-13-18-22-6-7-23-18/h2-7,12H,8-11,13-14H2,1H3,(H,22,23)(H2,24,26,29). The fourth-order valence-electron chi connectivity index (χ4n) is 3.23. The van der Waals surface area contributed by atoms with E-state index in [1.807, 2.05) is 24.3 Å². The third-order valence-electron chi connectivity index (χ3n) is 4.77. The van der Waals surface area contributed by atoms with Crippen LogP contribution in [0.3, 0.4) is 0 Å². The molecule has 9 nitrogen and oxygen atoms in total. The van der Waals surface area contributed by atoms with Gasteiger partial charge in [-0.25, -0.2) is 19.7 Å². The molecule has 0 atom stereocenters. The Hall–Kier alpha value is -3.11. The van der Waals surface area contributed by atoms with Crippen LogP contribution in [0.25, 0.3) is 11.4 Å². The van der Waals surface area contributed by atoms with Crippen LogP contribution in [0.1, 0.15) is 11.5 Å². The summed E-state index contributed by atoms with van der Waals surface area (Å²) in [5.41, 5.74) is 2.59. The molecule has 2 aromatic heterocycles. The number of morpholine rings is 1. The summed E-state index contributed by atoms with van der Waals surface area (Å²) in [5.74, 6) is 3.13. The van der Waals surface area contributed by atoms with E-state index in [-0.39, 0.29) is 6.03 Å². The van der Waals surface area contributed by atoms with Crippen molar-refractivity contribution < 1.29 is 9.53 Å². The molecule has 1 saturated heterocycles. The van der Waals surface area contributed by atoms with E-state index in [1.54, 1.807) is 24.2 Å². The molecule has 31 heavy (non-hydrogen) atoms. The number of H-pyrrole nitrogens is 1. The molecule has 10 heteroatoms. The predicted octanol–water partition coefficient (Wildman–Crippen LogP) is 2.89. The third-order valence-corrected chi connectivity index (χ3v) is 5.35. The zero-order valence-electron chi connectivity index (χ0n) is 17.3. The SMILES string of the molecule is CSCc1cc(N2CCOCC2)nc(-c2ccc(NC(=O)NCc3ncc[nH]3)cc2)n1. The van der Waals surface area contributed by atoms with Gasteiger partial charge in [0.15, 0.2) is 5.82 Å². The second kappa shape index (κ2) is 10.3. The number of amides is 2. The van der Waals surface area contributed by atoms with Crippen LogP contribution >= 0.6 is 11.8 Å². The van der Waals surface area contributed by atoms with E-state index in [4.69, 9.17) is 14.7 Å². The Morgan fingerprint density at radius 3 is 2.74 bits per heavy atom. The van der Waals surface area contributed by atoms with Crippen molar-refractivity contribution in [3.8, 4) is 11.4 Å². The first-order chi connectivity index (χ1) is 15.2. The third kappa shape index (κ3) is 5.74. The molecule has 0 unspecified atom stereocenters. The first kappa shape index (κ1) is 21.1. The first-order valence-corrected chi connectivity index (χ1v) is 11.4. The van der Waals surface area contributed by atoms with Crippen molar-refractivity contribution in [2.24, 2.45) is 0 Å². The van der Waals surface area contributed by atoms with Crippen molar-refractivity contribution in [2.45, 2.75) is 12.3 Å². The number of benzene rings is 1. The minimum Gasteiger partial charge on any atom is -0.378 e. The van der Waals surface area contributed by atoms with Gasteiger partial charge in [-0.15, -0.1) is 0 Å². The van der Waals surface area contributed by atoms with E-state index in [9.17, 15) is 4.79 Å². The van der Waals surface area contributed by atoms with Gasteiger partial charge in [0, 0.05) is 48.6 Å². The maximum atomic E-state index is 12.1. The molecule has 1 aliphatic heterocycles. The summed E-state index contributed by atoms with van der Waals surface area (Å²) < 4.78 is 5.46. The molecule has 4 rings (SSSR count). The Bertz CT molecular complexity index is 989. The van der Waals surface area contributed by atoms with Gasteiger partial charge in [0.2, 0.25) is 0 Å². The molecular formula is C21H25N7O2S. The van der Waals surface area contributed by atoms with Gasteiger partial charge in [0.25, 0.3) is 0 Å². The second-order valence-corrected chi connectivity index (χ2v) is 7.86. The van der Waals surface area contributed by atoms with Crippen molar-refractivity contribution in [3.05, 3.63) is 54.2 Å². The lowest BCUT2D eigenvalue weighted by Gasteiger charge is -2.28. The normalized spacial score (nSPS) is 13.8. The van der Waals surface area contributed by atoms with Crippen molar-refractivity contribution >= 4 is 29.3 Å². The summed E-state index contributed by atoms with van der Waals surface area (Å²) in [6.45, 7) is 3.40. The van der Waals surface area contributed by atoms with Crippen LogP contribution < -0.4 is 15.5 Å². The van der Waals surface area contributed by atoms with E-state index in [0.29, 0.717) is 37.1 Å². The van der Waals surface area contributed by atoms with Gasteiger partial charge >= 0.3 is 6.03 Å². The summed E-state index contributed by atoms with van der Waals surface area (Å²) >= 11 is 1.73. The number of nitrogens with one attached hydrogen (secondary N) is 3. The Morgan fingerprint density at radius 2 is 2.03 bits per heavy atom. The molecule has 3 heterocycles. The fraction of sp³-hybridized carbons (Fsp3) is 0.333. The summed E-state index contributed by atoms with van der Waals surface area (Å²) in [6, 6.07) is 9.30. The number of aromatic nitrogens is 4. The minimum atomic E-state index is -0.294. The highest BCUT2D eigenvalue weighted by Crippen LogP contribution is 2.24. The van der Waals surface area contributed by atoms with Gasteiger partial charge in [-0.3, -0.25) is 0 Å². The molecule has 0 bridgehead atoms. The van der Waals surface area contributed by atoms with Crippen LogP contribution in [0.4, 0.5) is 16.3 Å². The van der Waals surface area contributed by atoms with E-state index in [2.05, 4.69) is 37.8 Å². The second-order valence-electron chi connectivity index (χ2n) is 6.99. The summed E-state index contributed by atoms with van der Waals surface area (Å²) in [7, 11) is 0. The van der Waals surface area contributed by atoms with Crippen molar-refractivity contribution in [1.29, 1.82) is 0 Å². The molecule has 162 valence electrons. The van der Waals surface area contributed by atoms with Crippen LogP contribution in [-0.2, 0) is 17.0 Å². The molecule has 1 aromatic carbocycles. The lowest BCUT2D eigenvalue weighted by atomic mass is 10.2. The minimum absolute atomic E-state index is 0.294. The number of ether oxygens (including phenoxy) is 1. The largest absolute Gasteiger partial charge is 0.378 e. The molecule has 3 N–H and O–H groups in total. The van der Waals surface area contributed by atoms with Gasteiger partial charge in [-0.05, 0) is 30.5 Å². The number of carbonyl (C=O) groups excluding carboxylic acids is 1. The number of hydrogen-bond donors (Lipinski definition) is 3. The number of rotatable bonds is 7. The zero-order valence-corrected chi connectivity index (χ0v) is 18.1. The van der Waals surface area contributed by atoms with Crippen molar-refractivity contribution in [2.75, 3.05) is 42.8 Å². The van der Waals surface area contributed by atoms with Gasteiger partial charge in [-0.2, -0.15) is 11.8 Å². The highest BCUT2D eigenvalue weighted by atomic mass is 32.2. The van der Waals surface area contributed by atoms with Crippen LogP contribution in [0, 0.1) is 0 Å². The fourth-order valence-corrected chi connectivity index (χ4v) is 3.67. The lowest BCUT2D eigenvalue weighted by molar-refractivity contribution is 0.122. The molecule has 0 spiro atoms. The van der Waals surface area contributed by atoms with E-state index in [1.165, 1.54) is 0 Å². The average Bonchev–Trinajstić information content (AvgIpc) is 3.33. The molecular weight excluding hydrogens is 414 g/mol. The number of hydrogen-bond acceptors (Lipinski definition) is 7. The number of nitrogens with zero attached hydrogens (tertiary/aromatic N) is 4. The zero-order chi connectivity index (χ0) is 21.5. The van der Waals surface area contributed by atoms with Crippen LogP contribution in [0.2, 0.25) is 0 Å². The Kier molecular flexibility index (Phi) is 7.00. The molecule has 3 aromatic rings. The number of carbonyl (C=O) groups is 1. The topological polar surface area (TPSA) is 108 Å². The highest BCUT2D eigenvalue weighted by Gasteiger charge is 2.16. The van der Waals surface area contributed by atoms with E-state index < -0.39 is 0 Å². The smallest absolute Gasteiger partial charge is 0.319 e. The summed E-state index contributed by atoms with van der Waals surface area (Å²) in [4.78, 5) is 30.9. The van der Waals surface area contributed by atoms with Crippen LogP contribution in [0.15, 0.2) is 42.7 Å². The van der Waals surface area contributed by atoms with E-state index in [0.717, 1.165) is 35.9 Å². The number of aromatic amines is 1. The van der Waals surface area contributed by atoms with E-state index >= 15 is 0 Å². The van der Waals surface area contributed by atoms with Gasteiger partial charge in [0.1, 0.15) is 11.6 Å². The monoisotopic (exact) mass is 439 g/mol. The predicted molar refractivity (Wildman–Crippen MR) is 122 cm³/mol.